The summed E-state index contributed by atoms with van der Waals surface area (Å²) in [6, 6.07) is 1.74. The summed E-state index contributed by atoms with van der Waals surface area (Å²) in [5.74, 6) is 0.988. The van der Waals surface area contributed by atoms with Gasteiger partial charge in [0.05, 0.1) is 0 Å². The molecule has 2 aliphatic rings. The maximum atomic E-state index is 3.35. The molecule has 0 radical (unpaired) electrons. The molecule has 2 nitrogen and oxygen atoms in total. The van der Waals surface area contributed by atoms with Crippen LogP contribution in [0.2, 0.25) is 0 Å². The van der Waals surface area contributed by atoms with Gasteiger partial charge in [-0.3, -0.25) is 4.90 Å². The molecule has 0 aromatic rings. The van der Waals surface area contributed by atoms with Crippen LogP contribution >= 0.6 is 0 Å². The largest absolute Gasteiger partial charge is 0.318 e. The van der Waals surface area contributed by atoms with Crippen molar-refractivity contribution in [3.63, 3.8) is 0 Å². The molecule has 1 aliphatic carbocycles. The first-order chi connectivity index (χ1) is 7.36. The highest BCUT2D eigenvalue weighted by atomic mass is 15.2. The van der Waals surface area contributed by atoms with Crippen molar-refractivity contribution < 1.29 is 0 Å². The molecule has 0 aromatic heterocycles. The molecule has 1 N–H and O–H groups in total. The van der Waals surface area contributed by atoms with Crippen molar-refractivity contribution in [1.82, 2.24) is 10.2 Å². The lowest BCUT2D eigenvalue weighted by Crippen LogP contribution is -2.44. The first-order valence-corrected chi connectivity index (χ1v) is 6.77. The summed E-state index contributed by atoms with van der Waals surface area (Å²) >= 11 is 0. The first kappa shape index (κ1) is 11.4. The van der Waals surface area contributed by atoms with Gasteiger partial charge in [-0.05, 0) is 45.2 Å². The molecule has 3 unspecified atom stereocenters. The average Bonchev–Trinajstić information content (AvgIpc) is 2.84. The van der Waals surface area contributed by atoms with E-state index >= 15 is 0 Å². The summed E-state index contributed by atoms with van der Waals surface area (Å²) in [5, 5.41) is 3.35. The van der Waals surface area contributed by atoms with Crippen LogP contribution in [0, 0.1) is 5.92 Å². The van der Waals surface area contributed by atoms with E-state index in [1.807, 2.05) is 0 Å². The molecule has 2 fully saturated rings. The number of nitrogens with zero attached hydrogens (tertiary/aromatic N) is 1. The summed E-state index contributed by atoms with van der Waals surface area (Å²) in [6.45, 7) is 4.91. The number of likely N-dealkylation sites (N-methyl/N-ethyl adjacent to an activating group) is 1. The van der Waals surface area contributed by atoms with Gasteiger partial charge in [-0.15, -0.1) is 0 Å². The molecule has 88 valence electrons. The third-order valence-corrected chi connectivity index (χ3v) is 4.43. The Morgan fingerprint density at radius 3 is 2.80 bits per heavy atom. The Morgan fingerprint density at radius 1 is 1.20 bits per heavy atom. The second-order valence-electron chi connectivity index (χ2n) is 5.26. The Bertz CT molecular complexity index is 193. The van der Waals surface area contributed by atoms with Crippen molar-refractivity contribution >= 4 is 0 Å². The van der Waals surface area contributed by atoms with Crippen LogP contribution in [0.25, 0.3) is 0 Å². The molecule has 0 spiro atoms. The normalized spacial score (nSPS) is 37.6. The summed E-state index contributed by atoms with van der Waals surface area (Å²) < 4.78 is 0. The van der Waals surface area contributed by atoms with Crippen LogP contribution in [0.4, 0.5) is 0 Å². The minimum atomic E-state index is 0.826. The van der Waals surface area contributed by atoms with Gasteiger partial charge in [0, 0.05) is 18.6 Å². The molecule has 1 saturated heterocycles. The molecule has 1 heterocycles. The predicted molar refractivity (Wildman–Crippen MR) is 65.1 cm³/mol. The Labute approximate surface area is 94.4 Å². The summed E-state index contributed by atoms with van der Waals surface area (Å²) in [5.41, 5.74) is 0. The van der Waals surface area contributed by atoms with Gasteiger partial charge >= 0.3 is 0 Å². The van der Waals surface area contributed by atoms with E-state index < -0.39 is 0 Å². The van der Waals surface area contributed by atoms with E-state index in [2.05, 4.69) is 24.2 Å². The minimum Gasteiger partial charge on any atom is -0.318 e. The summed E-state index contributed by atoms with van der Waals surface area (Å²) in [7, 11) is 2.09. The highest BCUT2D eigenvalue weighted by Gasteiger charge is 2.36. The van der Waals surface area contributed by atoms with E-state index in [1.165, 1.54) is 51.6 Å². The first-order valence-electron chi connectivity index (χ1n) is 6.77. The van der Waals surface area contributed by atoms with Gasteiger partial charge in [0.25, 0.3) is 0 Å². The Morgan fingerprint density at radius 2 is 2.07 bits per heavy atom. The third kappa shape index (κ3) is 2.36. The minimum absolute atomic E-state index is 0.826. The second kappa shape index (κ2) is 5.31. The van der Waals surface area contributed by atoms with Crippen molar-refractivity contribution in [1.29, 1.82) is 0 Å². The fourth-order valence-electron chi connectivity index (χ4n) is 3.68. The molecule has 3 atom stereocenters. The fourth-order valence-corrected chi connectivity index (χ4v) is 3.68. The predicted octanol–water partition coefficient (Wildman–Crippen LogP) is 2.25. The van der Waals surface area contributed by atoms with Crippen molar-refractivity contribution in [3.05, 3.63) is 0 Å². The van der Waals surface area contributed by atoms with Gasteiger partial charge in [-0.2, -0.15) is 0 Å². The lowest BCUT2D eigenvalue weighted by Gasteiger charge is -2.34. The molecule has 0 amide bonds. The standard InChI is InChI=1S/C13H26N2/c1-3-11-6-4-8-13(11)15-9-5-7-12(15)10-14-2/h11-14H,3-10H2,1-2H3. The van der Waals surface area contributed by atoms with Gasteiger partial charge in [0.15, 0.2) is 0 Å². The van der Waals surface area contributed by atoms with Gasteiger partial charge in [0.1, 0.15) is 0 Å². The van der Waals surface area contributed by atoms with E-state index in [9.17, 15) is 0 Å². The Kier molecular flexibility index (Phi) is 4.04. The molecule has 1 aliphatic heterocycles. The number of hydrogen-bond donors (Lipinski definition) is 1. The van der Waals surface area contributed by atoms with Crippen LogP contribution in [0.1, 0.15) is 45.4 Å². The Balaban J connectivity index is 1.95. The molecule has 0 aromatic carbocycles. The number of rotatable bonds is 4. The zero-order valence-corrected chi connectivity index (χ0v) is 10.3. The van der Waals surface area contributed by atoms with Crippen LogP contribution in [-0.2, 0) is 0 Å². The van der Waals surface area contributed by atoms with Gasteiger partial charge < -0.3 is 5.32 Å². The fraction of sp³-hybridized carbons (Fsp3) is 1.00. The molecule has 2 heteroatoms. The molecule has 2 rings (SSSR count). The van der Waals surface area contributed by atoms with E-state index in [-0.39, 0.29) is 0 Å². The number of likely N-dealkylation sites (tertiary alicyclic amines) is 1. The monoisotopic (exact) mass is 210 g/mol. The van der Waals surface area contributed by atoms with Crippen LogP contribution in [0.3, 0.4) is 0 Å². The van der Waals surface area contributed by atoms with Crippen molar-refractivity contribution in [2.24, 2.45) is 5.92 Å². The third-order valence-electron chi connectivity index (χ3n) is 4.43. The second-order valence-corrected chi connectivity index (χ2v) is 5.26. The highest BCUT2D eigenvalue weighted by Crippen LogP contribution is 2.35. The number of nitrogens with one attached hydrogen (secondary N) is 1. The molecular formula is C13H26N2. The van der Waals surface area contributed by atoms with Crippen molar-refractivity contribution in [3.8, 4) is 0 Å². The topological polar surface area (TPSA) is 15.3 Å². The lowest BCUT2D eigenvalue weighted by molar-refractivity contribution is 0.142. The van der Waals surface area contributed by atoms with Gasteiger partial charge in [0.2, 0.25) is 0 Å². The van der Waals surface area contributed by atoms with E-state index in [0.29, 0.717) is 0 Å². The quantitative estimate of drug-likeness (QED) is 0.765. The SMILES string of the molecule is CCC1CCCC1N1CCCC1CNC. The lowest BCUT2D eigenvalue weighted by atomic mass is 9.98. The van der Waals surface area contributed by atoms with E-state index in [0.717, 1.165) is 18.0 Å². The van der Waals surface area contributed by atoms with Crippen LogP contribution in [0.15, 0.2) is 0 Å². The maximum absolute atomic E-state index is 3.35. The van der Waals surface area contributed by atoms with Crippen molar-refractivity contribution in [2.45, 2.75) is 57.5 Å². The summed E-state index contributed by atoms with van der Waals surface area (Å²) in [4.78, 5) is 2.82. The van der Waals surface area contributed by atoms with Crippen molar-refractivity contribution in [2.75, 3.05) is 20.1 Å². The highest BCUT2D eigenvalue weighted by molar-refractivity contribution is 4.91. The van der Waals surface area contributed by atoms with Crippen LogP contribution < -0.4 is 5.32 Å². The smallest absolute Gasteiger partial charge is 0.0224 e. The molecule has 0 bridgehead atoms. The van der Waals surface area contributed by atoms with Crippen LogP contribution in [0.5, 0.6) is 0 Å². The Hall–Kier alpha value is -0.0800. The van der Waals surface area contributed by atoms with Gasteiger partial charge in [-0.25, -0.2) is 0 Å². The average molecular weight is 210 g/mol. The number of hydrogen-bond acceptors (Lipinski definition) is 2. The van der Waals surface area contributed by atoms with E-state index in [4.69, 9.17) is 0 Å². The van der Waals surface area contributed by atoms with E-state index in [1.54, 1.807) is 0 Å². The molecule has 15 heavy (non-hydrogen) atoms. The maximum Gasteiger partial charge on any atom is 0.0224 e. The van der Waals surface area contributed by atoms with Gasteiger partial charge in [-0.1, -0.05) is 19.8 Å². The molecular weight excluding hydrogens is 184 g/mol. The zero-order chi connectivity index (χ0) is 10.7. The molecule has 1 saturated carbocycles. The zero-order valence-electron chi connectivity index (χ0n) is 10.3. The van der Waals surface area contributed by atoms with Crippen LogP contribution in [-0.4, -0.2) is 37.1 Å². The summed E-state index contributed by atoms with van der Waals surface area (Å²) in [6.07, 6.45) is 8.61.